The van der Waals surface area contributed by atoms with E-state index in [0.717, 1.165) is 0 Å². The summed E-state index contributed by atoms with van der Waals surface area (Å²) in [5, 5.41) is 2.73. The second kappa shape index (κ2) is 7.08. The summed E-state index contributed by atoms with van der Waals surface area (Å²) in [5.41, 5.74) is 5.41. The SMILES string of the molecule is CCN(CC(=O)Nc1cccc(OC)c1)C(=O)C(C)(C)N. The van der Waals surface area contributed by atoms with E-state index < -0.39 is 5.54 Å². The molecule has 0 spiro atoms. The molecule has 3 N–H and O–H groups in total. The summed E-state index contributed by atoms with van der Waals surface area (Å²) in [6.07, 6.45) is 0. The van der Waals surface area contributed by atoms with Crippen molar-refractivity contribution in [2.75, 3.05) is 25.5 Å². The topological polar surface area (TPSA) is 84.7 Å². The summed E-state index contributed by atoms with van der Waals surface area (Å²) < 4.78 is 5.09. The molecular weight excluding hydrogens is 270 g/mol. The second-order valence-electron chi connectivity index (χ2n) is 5.32. The van der Waals surface area contributed by atoms with E-state index in [9.17, 15) is 9.59 Å². The summed E-state index contributed by atoms with van der Waals surface area (Å²) >= 11 is 0. The minimum absolute atomic E-state index is 0.0346. The molecule has 0 aliphatic heterocycles. The Morgan fingerprint density at radius 1 is 1.38 bits per heavy atom. The van der Waals surface area contributed by atoms with Crippen molar-refractivity contribution in [2.24, 2.45) is 5.73 Å². The van der Waals surface area contributed by atoms with E-state index in [1.54, 1.807) is 45.2 Å². The fourth-order valence-corrected chi connectivity index (χ4v) is 1.81. The molecule has 1 aromatic carbocycles. The molecule has 0 aliphatic rings. The van der Waals surface area contributed by atoms with Crippen molar-refractivity contribution in [1.82, 2.24) is 4.90 Å². The molecule has 6 nitrogen and oxygen atoms in total. The summed E-state index contributed by atoms with van der Waals surface area (Å²) in [7, 11) is 1.56. The number of hydrogen-bond acceptors (Lipinski definition) is 4. The predicted octanol–water partition coefficient (Wildman–Crippen LogP) is 1.22. The third-order valence-corrected chi connectivity index (χ3v) is 2.91. The van der Waals surface area contributed by atoms with Gasteiger partial charge in [0.2, 0.25) is 11.8 Å². The van der Waals surface area contributed by atoms with Gasteiger partial charge in [-0.3, -0.25) is 9.59 Å². The smallest absolute Gasteiger partial charge is 0.243 e. The van der Waals surface area contributed by atoms with Gasteiger partial charge in [0.05, 0.1) is 19.2 Å². The monoisotopic (exact) mass is 293 g/mol. The highest BCUT2D eigenvalue weighted by Gasteiger charge is 2.28. The molecular formula is C15H23N3O3. The van der Waals surface area contributed by atoms with Gasteiger partial charge in [-0.2, -0.15) is 0 Å². The van der Waals surface area contributed by atoms with Crippen LogP contribution in [0.3, 0.4) is 0 Å². The minimum Gasteiger partial charge on any atom is -0.497 e. The first-order chi connectivity index (χ1) is 9.77. The number of anilines is 1. The van der Waals surface area contributed by atoms with Gasteiger partial charge in [-0.15, -0.1) is 0 Å². The second-order valence-corrected chi connectivity index (χ2v) is 5.32. The number of nitrogens with two attached hydrogens (primary N) is 1. The van der Waals surface area contributed by atoms with Crippen LogP contribution in [0, 0.1) is 0 Å². The van der Waals surface area contributed by atoms with Crippen LogP contribution in [-0.4, -0.2) is 42.5 Å². The molecule has 0 saturated heterocycles. The molecule has 6 heteroatoms. The first kappa shape index (κ1) is 17.0. The Morgan fingerprint density at radius 3 is 2.57 bits per heavy atom. The number of nitrogens with zero attached hydrogens (tertiary/aromatic N) is 1. The van der Waals surface area contributed by atoms with E-state index in [1.807, 2.05) is 6.92 Å². The van der Waals surface area contributed by atoms with Crippen LogP contribution >= 0.6 is 0 Å². The van der Waals surface area contributed by atoms with Gasteiger partial charge in [0.15, 0.2) is 0 Å². The molecule has 0 bridgehead atoms. The molecule has 0 fully saturated rings. The van der Waals surface area contributed by atoms with E-state index in [1.165, 1.54) is 4.90 Å². The van der Waals surface area contributed by atoms with Crippen molar-refractivity contribution < 1.29 is 14.3 Å². The lowest BCUT2D eigenvalue weighted by atomic mass is 10.1. The van der Waals surface area contributed by atoms with Gasteiger partial charge in [0, 0.05) is 18.3 Å². The maximum absolute atomic E-state index is 12.1. The van der Waals surface area contributed by atoms with Crippen LogP contribution in [0.2, 0.25) is 0 Å². The fourth-order valence-electron chi connectivity index (χ4n) is 1.81. The third kappa shape index (κ3) is 5.07. The summed E-state index contributed by atoms with van der Waals surface area (Å²) in [4.78, 5) is 25.5. The van der Waals surface area contributed by atoms with Crippen molar-refractivity contribution in [3.05, 3.63) is 24.3 Å². The van der Waals surface area contributed by atoms with Gasteiger partial charge in [0.25, 0.3) is 0 Å². The standard InChI is InChI=1S/C15H23N3O3/c1-5-18(14(20)15(2,3)16)10-13(19)17-11-7-6-8-12(9-11)21-4/h6-9H,5,10,16H2,1-4H3,(H,17,19). The summed E-state index contributed by atoms with van der Waals surface area (Å²) in [5.74, 6) is 0.118. The Hall–Kier alpha value is -2.08. The average molecular weight is 293 g/mol. The average Bonchev–Trinajstić information content (AvgIpc) is 2.43. The van der Waals surface area contributed by atoms with Crippen molar-refractivity contribution in [3.8, 4) is 5.75 Å². The zero-order chi connectivity index (χ0) is 16.0. The molecule has 0 unspecified atom stereocenters. The lowest BCUT2D eigenvalue weighted by Gasteiger charge is -2.27. The Bertz CT molecular complexity index is 509. The normalized spacial score (nSPS) is 10.9. The Labute approximate surface area is 125 Å². The summed E-state index contributed by atoms with van der Waals surface area (Å²) in [6.45, 7) is 5.44. The first-order valence-corrected chi connectivity index (χ1v) is 6.80. The van der Waals surface area contributed by atoms with Gasteiger partial charge in [-0.1, -0.05) is 6.07 Å². The minimum atomic E-state index is -0.994. The fraction of sp³-hybridized carbons (Fsp3) is 0.467. The van der Waals surface area contributed by atoms with Crippen LogP contribution in [0.15, 0.2) is 24.3 Å². The molecule has 2 amide bonds. The number of likely N-dealkylation sites (N-methyl/N-ethyl adjacent to an activating group) is 1. The van der Waals surface area contributed by atoms with E-state index in [0.29, 0.717) is 18.0 Å². The van der Waals surface area contributed by atoms with Gasteiger partial charge in [-0.25, -0.2) is 0 Å². The maximum Gasteiger partial charge on any atom is 0.243 e. The number of ether oxygens (including phenoxy) is 1. The molecule has 0 heterocycles. The van der Waals surface area contributed by atoms with Crippen molar-refractivity contribution in [3.63, 3.8) is 0 Å². The quantitative estimate of drug-likeness (QED) is 0.826. The molecule has 0 saturated carbocycles. The van der Waals surface area contributed by atoms with E-state index >= 15 is 0 Å². The molecule has 0 aliphatic carbocycles. The molecule has 0 radical (unpaired) electrons. The van der Waals surface area contributed by atoms with E-state index in [4.69, 9.17) is 10.5 Å². The largest absolute Gasteiger partial charge is 0.497 e. The van der Waals surface area contributed by atoms with Crippen molar-refractivity contribution in [2.45, 2.75) is 26.3 Å². The summed E-state index contributed by atoms with van der Waals surface area (Å²) in [6, 6.07) is 7.03. The number of amides is 2. The number of methoxy groups -OCH3 is 1. The van der Waals surface area contributed by atoms with Gasteiger partial charge in [-0.05, 0) is 32.9 Å². The van der Waals surface area contributed by atoms with Crippen molar-refractivity contribution >= 4 is 17.5 Å². The number of rotatable bonds is 6. The highest BCUT2D eigenvalue weighted by Crippen LogP contribution is 2.16. The maximum atomic E-state index is 12.1. The van der Waals surface area contributed by atoms with E-state index in [-0.39, 0.29) is 18.4 Å². The lowest BCUT2D eigenvalue weighted by molar-refractivity contribution is -0.138. The van der Waals surface area contributed by atoms with Gasteiger partial charge >= 0.3 is 0 Å². The molecule has 21 heavy (non-hydrogen) atoms. The number of benzene rings is 1. The van der Waals surface area contributed by atoms with Crippen molar-refractivity contribution in [1.29, 1.82) is 0 Å². The van der Waals surface area contributed by atoms with Crippen LogP contribution in [0.5, 0.6) is 5.75 Å². The molecule has 0 atom stereocenters. The van der Waals surface area contributed by atoms with Gasteiger partial charge < -0.3 is 20.7 Å². The number of nitrogens with one attached hydrogen (secondary N) is 1. The van der Waals surface area contributed by atoms with Crippen LogP contribution in [0.25, 0.3) is 0 Å². The first-order valence-electron chi connectivity index (χ1n) is 6.80. The number of carbonyl (C=O) groups excluding carboxylic acids is 2. The molecule has 1 rings (SSSR count). The Balaban J connectivity index is 2.69. The van der Waals surface area contributed by atoms with Crippen LogP contribution in [0.4, 0.5) is 5.69 Å². The Morgan fingerprint density at radius 2 is 2.05 bits per heavy atom. The lowest BCUT2D eigenvalue weighted by Crippen LogP contribution is -2.52. The highest BCUT2D eigenvalue weighted by atomic mass is 16.5. The molecule has 1 aromatic rings. The van der Waals surface area contributed by atoms with Crippen LogP contribution < -0.4 is 15.8 Å². The van der Waals surface area contributed by atoms with Crippen LogP contribution in [-0.2, 0) is 9.59 Å². The van der Waals surface area contributed by atoms with Crippen LogP contribution in [0.1, 0.15) is 20.8 Å². The zero-order valence-corrected chi connectivity index (χ0v) is 13.0. The molecule has 116 valence electrons. The zero-order valence-electron chi connectivity index (χ0n) is 13.0. The molecule has 0 aromatic heterocycles. The van der Waals surface area contributed by atoms with Gasteiger partial charge in [0.1, 0.15) is 5.75 Å². The van der Waals surface area contributed by atoms with E-state index in [2.05, 4.69) is 5.32 Å². The predicted molar refractivity (Wildman–Crippen MR) is 82.1 cm³/mol. The Kier molecular flexibility index (Phi) is 5.72. The third-order valence-electron chi connectivity index (χ3n) is 2.91. The highest BCUT2D eigenvalue weighted by molar-refractivity contribution is 5.96. The number of hydrogen-bond donors (Lipinski definition) is 2. The number of carbonyl (C=O) groups is 2.